The van der Waals surface area contributed by atoms with Crippen molar-refractivity contribution in [3.8, 4) is 0 Å². The van der Waals surface area contributed by atoms with Gasteiger partial charge in [-0.25, -0.2) is 4.79 Å². The van der Waals surface area contributed by atoms with Crippen molar-refractivity contribution in [2.24, 2.45) is 11.8 Å². The van der Waals surface area contributed by atoms with Crippen molar-refractivity contribution < 1.29 is 14.7 Å². The minimum absolute atomic E-state index is 0.0416. The van der Waals surface area contributed by atoms with Crippen LogP contribution in [0, 0.1) is 11.8 Å². The molecule has 122 valence electrons. The van der Waals surface area contributed by atoms with Crippen LogP contribution in [0.4, 0.5) is 4.79 Å². The van der Waals surface area contributed by atoms with Crippen LogP contribution in [0.15, 0.2) is 0 Å². The molecule has 0 spiro atoms. The van der Waals surface area contributed by atoms with Crippen LogP contribution in [0.2, 0.25) is 0 Å². The van der Waals surface area contributed by atoms with Crippen molar-refractivity contribution in [1.29, 1.82) is 0 Å². The van der Waals surface area contributed by atoms with Gasteiger partial charge in [-0.3, -0.25) is 4.79 Å². The molecule has 0 aromatic rings. The molecule has 1 unspecified atom stereocenters. The number of likely N-dealkylation sites (tertiary alicyclic amines) is 1. The second-order valence-electron chi connectivity index (χ2n) is 6.38. The van der Waals surface area contributed by atoms with Gasteiger partial charge in [-0.2, -0.15) is 0 Å². The van der Waals surface area contributed by atoms with E-state index in [-0.39, 0.29) is 24.4 Å². The fraction of sp³-hybridized carbons (Fsp3) is 0.867. The highest BCUT2D eigenvalue weighted by Gasteiger charge is 2.20. The largest absolute Gasteiger partial charge is 0.481 e. The van der Waals surface area contributed by atoms with Crippen LogP contribution in [0.5, 0.6) is 0 Å². The molecule has 3 N–H and O–H groups in total. The highest BCUT2D eigenvalue weighted by Crippen LogP contribution is 2.18. The number of aliphatic carboxylic acids is 1. The van der Waals surface area contributed by atoms with E-state index >= 15 is 0 Å². The molecule has 1 heterocycles. The molecule has 0 aromatic carbocycles. The SMILES string of the molecule is CC(C)C(CC(=O)O)NC(=O)NCCC1CCN(C)CC1. The van der Waals surface area contributed by atoms with E-state index < -0.39 is 5.97 Å². The number of amides is 2. The number of urea groups is 1. The van der Waals surface area contributed by atoms with Gasteiger partial charge in [0.05, 0.1) is 6.42 Å². The van der Waals surface area contributed by atoms with Gasteiger partial charge >= 0.3 is 12.0 Å². The molecule has 6 heteroatoms. The van der Waals surface area contributed by atoms with E-state index in [1.165, 1.54) is 12.8 Å². The van der Waals surface area contributed by atoms with Crippen LogP contribution in [0.3, 0.4) is 0 Å². The van der Waals surface area contributed by atoms with Crippen molar-refractivity contribution in [3.05, 3.63) is 0 Å². The number of nitrogens with one attached hydrogen (secondary N) is 2. The van der Waals surface area contributed by atoms with Crippen LogP contribution in [0.25, 0.3) is 0 Å². The monoisotopic (exact) mass is 299 g/mol. The zero-order chi connectivity index (χ0) is 15.8. The molecular weight excluding hydrogens is 270 g/mol. The summed E-state index contributed by atoms with van der Waals surface area (Å²) in [4.78, 5) is 24.9. The molecule has 0 bridgehead atoms. The Morgan fingerprint density at radius 2 is 1.90 bits per heavy atom. The Morgan fingerprint density at radius 1 is 1.29 bits per heavy atom. The van der Waals surface area contributed by atoms with Crippen molar-refractivity contribution in [2.75, 3.05) is 26.7 Å². The van der Waals surface area contributed by atoms with E-state index in [0.717, 1.165) is 19.5 Å². The van der Waals surface area contributed by atoms with Gasteiger partial charge in [0, 0.05) is 12.6 Å². The first-order valence-corrected chi connectivity index (χ1v) is 7.83. The van der Waals surface area contributed by atoms with Crippen LogP contribution >= 0.6 is 0 Å². The lowest BCUT2D eigenvalue weighted by Crippen LogP contribution is -2.46. The average molecular weight is 299 g/mol. The summed E-state index contributed by atoms with van der Waals surface area (Å²) in [5.41, 5.74) is 0. The van der Waals surface area contributed by atoms with Gasteiger partial charge in [-0.15, -0.1) is 0 Å². The molecule has 1 saturated heterocycles. The third-order valence-corrected chi connectivity index (χ3v) is 4.19. The van der Waals surface area contributed by atoms with Gasteiger partial charge in [0.1, 0.15) is 0 Å². The predicted molar refractivity (Wildman–Crippen MR) is 82.3 cm³/mol. The first-order valence-electron chi connectivity index (χ1n) is 7.83. The summed E-state index contributed by atoms with van der Waals surface area (Å²) >= 11 is 0. The van der Waals surface area contributed by atoms with Crippen molar-refractivity contribution in [1.82, 2.24) is 15.5 Å². The predicted octanol–water partition coefficient (Wildman–Crippen LogP) is 1.52. The minimum Gasteiger partial charge on any atom is -0.481 e. The molecular formula is C15H29N3O3. The lowest BCUT2D eigenvalue weighted by Gasteiger charge is -2.29. The van der Waals surface area contributed by atoms with E-state index in [4.69, 9.17) is 5.11 Å². The van der Waals surface area contributed by atoms with Crippen molar-refractivity contribution in [3.63, 3.8) is 0 Å². The van der Waals surface area contributed by atoms with E-state index in [0.29, 0.717) is 12.5 Å². The quantitative estimate of drug-likeness (QED) is 0.665. The van der Waals surface area contributed by atoms with Gasteiger partial charge in [0.25, 0.3) is 0 Å². The number of piperidine rings is 1. The molecule has 1 fully saturated rings. The summed E-state index contributed by atoms with van der Waals surface area (Å²) in [6.45, 7) is 6.73. The molecule has 1 aliphatic rings. The number of carbonyl (C=O) groups is 2. The summed E-state index contributed by atoms with van der Waals surface area (Å²) in [5, 5.41) is 14.4. The molecule has 1 rings (SSSR count). The van der Waals surface area contributed by atoms with E-state index in [1.54, 1.807) is 0 Å². The maximum Gasteiger partial charge on any atom is 0.315 e. The third-order valence-electron chi connectivity index (χ3n) is 4.19. The fourth-order valence-electron chi connectivity index (χ4n) is 2.60. The minimum atomic E-state index is -0.889. The highest BCUT2D eigenvalue weighted by atomic mass is 16.4. The molecule has 21 heavy (non-hydrogen) atoms. The van der Waals surface area contributed by atoms with Crippen LogP contribution in [-0.4, -0.2) is 54.7 Å². The summed E-state index contributed by atoms with van der Waals surface area (Å²) in [7, 11) is 2.14. The first-order chi connectivity index (χ1) is 9.88. The summed E-state index contributed by atoms with van der Waals surface area (Å²) in [6.07, 6.45) is 3.33. The number of nitrogens with zero attached hydrogens (tertiary/aromatic N) is 1. The number of carbonyl (C=O) groups excluding carboxylic acids is 1. The Morgan fingerprint density at radius 3 is 2.43 bits per heavy atom. The van der Waals surface area contributed by atoms with Gasteiger partial charge in [-0.05, 0) is 51.2 Å². The molecule has 6 nitrogen and oxygen atoms in total. The third kappa shape index (κ3) is 7.32. The second kappa shape index (κ2) is 8.87. The fourth-order valence-corrected chi connectivity index (χ4v) is 2.60. The molecule has 2 amide bonds. The van der Waals surface area contributed by atoms with E-state index in [1.807, 2.05) is 13.8 Å². The Labute approximate surface area is 127 Å². The van der Waals surface area contributed by atoms with Gasteiger partial charge in [0.15, 0.2) is 0 Å². The smallest absolute Gasteiger partial charge is 0.315 e. The highest BCUT2D eigenvalue weighted by molar-refractivity contribution is 5.75. The zero-order valence-corrected chi connectivity index (χ0v) is 13.4. The zero-order valence-electron chi connectivity index (χ0n) is 13.4. The van der Waals surface area contributed by atoms with Gasteiger partial charge in [-0.1, -0.05) is 13.8 Å². The molecule has 1 aliphatic heterocycles. The molecule has 0 aliphatic carbocycles. The van der Waals surface area contributed by atoms with Crippen molar-refractivity contribution >= 4 is 12.0 Å². The van der Waals surface area contributed by atoms with Crippen LogP contribution < -0.4 is 10.6 Å². The van der Waals surface area contributed by atoms with Gasteiger partial charge < -0.3 is 20.6 Å². The Hall–Kier alpha value is -1.30. The number of hydrogen-bond acceptors (Lipinski definition) is 3. The number of rotatable bonds is 7. The Bertz CT molecular complexity index is 339. The number of carboxylic acid groups (broad SMARTS) is 1. The molecule has 0 radical (unpaired) electrons. The maximum absolute atomic E-state index is 11.8. The second-order valence-corrected chi connectivity index (χ2v) is 6.38. The number of hydrogen-bond donors (Lipinski definition) is 3. The lowest BCUT2D eigenvalue weighted by atomic mass is 9.94. The summed E-state index contributed by atoms with van der Waals surface area (Å²) in [6, 6.07) is -0.589. The molecule has 1 atom stereocenters. The summed E-state index contributed by atoms with van der Waals surface area (Å²) < 4.78 is 0. The average Bonchev–Trinajstić information content (AvgIpc) is 2.39. The molecule has 0 aromatic heterocycles. The van der Waals surface area contributed by atoms with Gasteiger partial charge in [0.2, 0.25) is 0 Å². The Kier molecular flexibility index (Phi) is 7.50. The van der Waals surface area contributed by atoms with Crippen LogP contribution in [0.1, 0.15) is 39.5 Å². The maximum atomic E-state index is 11.8. The number of carboxylic acids is 1. The summed E-state index contributed by atoms with van der Waals surface area (Å²) in [5.74, 6) is -0.109. The lowest BCUT2D eigenvalue weighted by molar-refractivity contribution is -0.137. The van der Waals surface area contributed by atoms with Crippen LogP contribution in [-0.2, 0) is 4.79 Å². The standard InChI is InChI=1S/C15H29N3O3/c1-11(2)13(10-14(19)20)17-15(21)16-7-4-12-5-8-18(3)9-6-12/h11-13H,4-10H2,1-3H3,(H,19,20)(H2,16,17,21). The van der Waals surface area contributed by atoms with Crippen molar-refractivity contribution in [2.45, 2.75) is 45.6 Å². The first kappa shape index (κ1) is 17.8. The van der Waals surface area contributed by atoms with E-state index in [2.05, 4.69) is 22.6 Å². The topological polar surface area (TPSA) is 81.7 Å². The molecule has 0 saturated carbocycles. The normalized spacial score (nSPS) is 18.5. The Balaban J connectivity index is 2.21. The van der Waals surface area contributed by atoms with E-state index in [9.17, 15) is 9.59 Å².